The number of benzene rings is 1. The van der Waals surface area contributed by atoms with Crippen molar-refractivity contribution in [1.29, 1.82) is 0 Å². The van der Waals surface area contributed by atoms with Crippen LogP contribution in [-0.2, 0) is 4.79 Å². The Bertz CT molecular complexity index is 708. The van der Waals surface area contributed by atoms with Gasteiger partial charge in [0.05, 0.1) is 17.1 Å². The van der Waals surface area contributed by atoms with E-state index in [0.29, 0.717) is 23.8 Å². The second-order valence-corrected chi connectivity index (χ2v) is 7.01. The van der Waals surface area contributed by atoms with E-state index in [1.54, 1.807) is 0 Å². The summed E-state index contributed by atoms with van der Waals surface area (Å²) >= 11 is 0. The lowest BCUT2D eigenvalue weighted by Crippen LogP contribution is -2.53. The molecule has 0 spiro atoms. The molecule has 4 nitrogen and oxygen atoms in total. The molecule has 2 aliphatic rings. The number of fused-ring (bicyclic) bond motifs is 1. The molecule has 2 heterocycles. The SMILES string of the molecule is CC(C)c1nc2ccccc2n1C1CN(C(=O)C2CCC2)C1. The van der Waals surface area contributed by atoms with Crippen LogP contribution in [0.25, 0.3) is 11.0 Å². The number of rotatable bonds is 3. The molecule has 1 saturated heterocycles. The first-order valence-electron chi connectivity index (χ1n) is 8.41. The van der Waals surface area contributed by atoms with Crippen LogP contribution in [0.1, 0.15) is 50.9 Å². The Hall–Kier alpha value is -1.84. The molecule has 1 amide bonds. The van der Waals surface area contributed by atoms with Crippen LogP contribution in [0.4, 0.5) is 0 Å². The molecular weight excluding hydrogens is 274 g/mol. The van der Waals surface area contributed by atoms with E-state index in [4.69, 9.17) is 4.98 Å². The second kappa shape index (κ2) is 5.11. The van der Waals surface area contributed by atoms with Crippen molar-refractivity contribution in [3.63, 3.8) is 0 Å². The summed E-state index contributed by atoms with van der Waals surface area (Å²) in [7, 11) is 0. The van der Waals surface area contributed by atoms with Gasteiger partial charge < -0.3 is 9.47 Å². The van der Waals surface area contributed by atoms with Crippen LogP contribution < -0.4 is 0 Å². The molecule has 22 heavy (non-hydrogen) atoms. The Labute approximate surface area is 131 Å². The lowest BCUT2D eigenvalue weighted by Gasteiger charge is -2.44. The highest BCUT2D eigenvalue weighted by Gasteiger charge is 2.38. The molecule has 1 aliphatic heterocycles. The molecule has 0 N–H and O–H groups in total. The van der Waals surface area contributed by atoms with Crippen molar-refractivity contribution in [2.24, 2.45) is 5.92 Å². The fourth-order valence-electron chi connectivity index (χ4n) is 3.57. The van der Waals surface area contributed by atoms with Gasteiger partial charge >= 0.3 is 0 Å². The van der Waals surface area contributed by atoms with E-state index in [0.717, 1.165) is 37.3 Å². The lowest BCUT2D eigenvalue weighted by molar-refractivity contribution is -0.144. The quantitative estimate of drug-likeness (QED) is 0.871. The summed E-state index contributed by atoms with van der Waals surface area (Å²) in [5.41, 5.74) is 2.27. The summed E-state index contributed by atoms with van der Waals surface area (Å²) in [6.45, 7) is 6.06. The van der Waals surface area contributed by atoms with Gasteiger partial charge in [0.1, 0.15) is 5.82 Å². The molecule has 1 saturated carbocycles. The first-order valence-corrected chi connectivity index (χ1v) is 8.41. The summed E-state index contributed by atoms with van der Waals surface area (Å²) in [4.78, 5) is 19.1. The molecule has 1 aromatic heterocycles. The van der Waals surface area contributed by atoms with Gasteiger partial charge in [-0.1, -0.05) is 32.4 Å². The van der Waals surface area contributed by atoms with E-state index < -0.39 is 0 Å². The van der Waals surface area contributed by atoms with Crippen molar-refractivity contribution in [2.75, 3.05) is 13.1 Å². The molecule has 1 aromatic carbocycles. The van der Waals surface area contributed by atoms with Gasteiger partial charge in [0.2, 0.25) is 5.91 Å². The van der Waals surface area contributed by atoms with Crippen molar-refractivity contribution in [2.45, 2.75) is 45.1 Å². The highest BCUT2D eigenvalue weighted by molar-refractivity contribution is 5.81. The minimum absolute atomic E-state index is 0.310. The fourth-order valence-corrected chi connectivity index (χ4v) is 3.57. The smallest absolute Gasteiger partial charge is 0.225 e. The number of nitrogens with zero attached hydrogens (tertiary/aromatic N) is 3. The highest BCUT2D eigenvalue weighted by Crippen LogP contribution is 2.35. The summed E-state index contributed by atoms with van der Waals surface area (Å²) in [6.07, 6.45) is 3.40. The van der Waals surface area contributed by atoms with E-state index in [-0.39, 0.29) is 0 Å². The predicted molar refractivity (Wildman–Crippen MR) is 86.8 cm³/mol. The number of hydrogen-bond donors (Lipinski definition) is 0. The van der Waals surface area contributed by atoms with Gasteiger partial charge in [-0.05, 0) is 25.0 Å². The lowest BCUT2D eigenvalue weighted by atomic mass is 9.83. The van der Waals surface area contributed by atoms with Crippen LogP contribution in [0.5, 0.6) is 0 Å². The molecule has 4 heteroatoms. The number of carbonyl (C=O) groups excluding carboxylic acids is 1. The minimum atomic E-state index is 0.310. The highest BCUT2D eigenvalue weighted by atomic mass is 16.2. The van der Waals surface area contributed by atoms with E-state index in [2.05, 4.69) is 36.6 Å². The number of hydrogen-bond acceptors (Lipinski definition) is 2. The number of carbonyl (C=O) groups is 1. The normalized spacial score (nSPS) is 19.5. The molecule has 0 unspecified atom stereocenters. The Morgan fingerprint density at radius 1 is 1.23 bits per heavy atom. The maximum atomic E-state index is 12.3. The third-order valence-corrected chi connectivity index (χ3v) is 5.13. The number of amides is 1. The number of aromatic nitrogens is 2. The Kier molecular flexibility index (Phi) is 3.21. The largest absolute Gasteiger partial charge is 0.338 e. The molecule has 2 aromatic rings. The molecule has 0 radical (unpaired) electrons. The minimum Gasteiger partial charge on any atom is -0.338 e. The van der Waals surface area contributed by atoms with Crippen LogP contribution in [0.15, 0.2) is 24.3 Å². The van der Waals surface area contributed by atoms with Crippen molar-refractivity contribution >= 4 is 16.9 Å². The standard InChI is InChI=1S/C18H23N3O/c1-12(2)17-19-15-8-3-4-9-16(15)21(17)14-10-20(11-14)18(22)13-6-5-7-13/h3-4,8-9,12-14H,5-7,10-11H2,1-2H3. The van der Waals surface area contributed by atoms with Gasteiger partial charge in [-0.2, -0.15) is 0 Å². The Morgan fingerprint density at radius 3 is 2.59 bits per heavy atom. The summed E-state index contributed by atoms with van der Waals surface area (Å²) < 4.78 is 2.37. The van der Waals surface area contributed by atoms with Crippen molar-refractivity contribution in [3.8, 4) is 0 Å². The average molecular weight is 297 g/mol. The van der Waals surface area contributed by atoms with E-state index in [1.807, 2.05) is 11.0 Å². The zero-order valence-corrected chi connectivity index (χ0v) is 13.3. The van der Waals surface area contributed by atoms with Gasteiger partial charge in [0.25, 0.3) is 0 Å². The summed E-state index contributed by atoms with van der Waals surface area (Å²) in [5, 5.41) is 0. The van der Waals surface area contributed by atoms with Gasteiger partial charge in [0.15, 0.2) is 0 Å². The van der Waals surface area contributed by atoms with Crippen LogP contribution in [-0.4, -0.2) is 33.4 Å². The fraction of sp³-hybridized carbons (Fsp3) is 0.556. The molecule has 1 aliphatic carbocycles. The molecule has 4 rings (SSSR count). The van der Waals surface area contributed by atoms with Crippen LogP contribution in [0, 0.1) is 5.92 Å². The van der Waals surface area contributed by atoms with Crippen molar-refractivity contribution < 1.29 is 4.79 Å². The first-order chi connectivity index (χ1) is 10.6. The van der Waals surface area contributed by atoms with Gasteiger partial charge in [0, 0.05) is 24.9 Å². The zero-order valence-electron chi connectivity index (χ0n) is 13.3. The summed E-state index contributed by atoms with van der Waals surface area (Å²) in [5.74, 6) is 2.22. The average Bonchev–Trinajstić information content (AvgIpc) is 2.75. The Morgan fingerprint density at radius 2 is 1.95 bits per heavy atom. The molecular formula is C18H23N3O. The Balaban J connectivity index is 1.59. The van der Waals surface area contributed by atoms with Crippen LogP contribution in [0.3, 0.4) is 0 Å². The van der Waals surface area contributed by atoms with Crippen molar-refractivity contribution in [1.82, 2.24) is 14.5 Å². The van der Waals surface area contributed by atoms with Gasteiger partial charge in [-0.3, -0.25) is 4.79 Å². The zero-order chi connectivity index (χ0) is 15.3. The van der Waals surface area contributed by atoms with E-state index in [9.17, 15) is 4.79 Å². The predicted octanol–water partition coefficient (Wildman–Crippen LogP) is 3.34. The van der Waals surface area contributed by atoms with Crippen LogP contribution >= 0.6 is 0 Å². The second-order valence-electron chi connectivity index (χ2n) is 7.01. The summed E-state index contributed by atoms with van der Waals surface area (Å²) in [6, 6.07) is 8.71. The van der Waals surface area contributed by atoms with E-state index in [1.165, 1.54) is 11.9 Å². The van der Waals surface area contributed by atoms with Gasteiger partial charge in [-0.25, -0.2) is 4.98 Å². The number of imidazole rings is 1. The number of para-hydroxylation sites is 2. The topological polar surface area (TPSA) is 38.1 Å². The van der Waals surface area contributed by atoms with Gasteiger partial charge in [-0.15, -0.1) is 0 Å². The molecule has 2 fully saturated rings. The third-order valence-electron chi connectivity index (χ3n) is 5.13. The third kappa shape index (κ3) is 2.04. The van der Waals surface area contributed by atoms with Crippen LogP contribution in [0.2, 0.25) is 0 Å². The first kappa shape index (κ1) is 13.8. The van der Waals surface area contributed by atoms with E-state index >= 15 is 0 Å². The molecule has 0 atom stereocenters. The maximum absolute atomic E-state index is 12.3. The number of likely N-dealkylation sites (tertiary alicyclic amines) is 1. The van der Waals surface area contributed by atoms with Crippen molar-refractivity contribution in [3.05, 3.63) is 30.1 Å². The molecule has 116 valence electrons. The molecule has 0 bridgehead atoms. The maximum Gasteiger partial charge on any atom is 0.225 e. The monoisotopic (exact) mass is 297 g/mol.